The average Bonchev–Trinajstić information content (AvgIpc) is 2.83. The molecule has 0 spiro atoms. The molecule has 21 heavy (non-hydrogen) atoms. The van der Waals surface area contributed by atoms with E-state index in [-0.39, 0.29) is 16.9 Å². The van der Waals surface area contributed by atoms with Gasteiger partial charge < -0.3 is 9.67 Å². The number of hydrogen-bond acceptors (Lipinski definition) is 2. The van der Waals surface area contributed by atoms with Crippen LogP contribution in [0.15, 0.2) is 36.5 Å². The van der Waals surface area contributed by atoms with E-state index in [4.69, 9.17) is 0 Å². The summed E-state index contributed by atoms with van der Waals surface area (Å²) in [5.41, 5.74) is 2.17. The normalized spacial score (nSPS) is 11.4. The first-order valence-electron chi connectivity index (χ1n) is 6.78. The summed E-state index contributed by atoms with van der Waals surface area (Å²) in [4.78, 5) is 23.0. The van der Waals surface area contributed by atoms with Crippen molar-refractivity contribution in [3.05, 3.63) is 53.3 Å². The number of para-hydroxylation sites is 1. The third-order valence-corrected chi connectivity index (χ3v) is 3.42. The Labute approximate surface area is 124 Å². The van der Waals surface area contributed by atoms with Gasteiger partial charge in [0.15, 0.2) is 5.78 Å². The number of aromatic carboxylic acids is 1. The van der Waals surface area contributed by atoms with Gasteiger partial charge in [0, 0.05) is 17.4 Å². The Morgan fingerprint density at radius 2 is 1.76 bits per heavy atom. The highest BCUT2D eigenvalue weighted by Crippen LogP contribution is 2.29. The van der Waals surface area contributed by atoms with Crippen molar-refractivity contribution in [1.29, 1.82) is 0 Å². The molecule has 0 aliphatic carbocycles. The molecule has 0 aliphatic rings. The molecule has 2 aromatic rings. The molecule has 2 rings (SSSR count). The predicted molar refractivity (Wildman–Crippen MR) is 81.4 cm³/mol. The van der Waals surface area contributed by atoms with Gasteiger partial charge >= 0.3 is 5.97 Å². The van der Waals surface area contributed by atoms with E-state index in [0.29, 0.717) is 5.56 Å². The number of Topliss-reactive ketones (excluding diaryl/α,β-unsaturated/α-hetero) is 1. The van der Waals surface area contributed by atoms with Gasteiger partial charge in [-0.2, -0.15) is 0 Å². The molecule has 0 bridgehead atoms. The molecule has 0 fully saturated rings. The number of nitrogens with zero attached hydrogens (tertiary/aromatic N) is 1. The Bertz CT molecular complexity index is 705. The Morgan fingerprint density at radius 1 is 1.14 bits per heavy atom. The highest BCUT2D eigenvalue weighted by molar-refractivity contribution is 5.97. The number of hydrogen-bond donors (Lipinski definition) is 1. The minimum absolute atomic E-state index is 0.0944. The molecule has 1 aromatic carbocycles. The minimum atomic E-state index is -1.05. The van der Waals surface area contributed by atoms with Crippen LogP contribution in [0, 0.1) is 0 Å². The van der Waals surface area contributed by atoms with Crippen LogP contribution in [0.5, 0.6) is 0 Å². The first-order chi connectivity index (χ1) is 9.71. The summed E-state index contributed by atoms with van der Waals surface area (Å²) < 4.78 is 1.58. The number of carbonyl (C=O) groups is 2. The van der Waals surface area contributed by atoms with E-state index >= 15 is 0 Å². The van der Waals surface area contributed by atoms with Crippen LogP contribution < -0.4 is 0 Å². The number of carboxylic acid groups (broad SMARTS) is 1. The quantitative estimate of drug-likeness (QED) is 0.875. The van der Waals surface area contributed by atoms with Gasteiger partial charge in [-0.1, -0.05) is 39.0 Å². The van der Waals surface area contributed by atoms with Crippen LogP contribution in [0.25, 0.3) is 5.69 Å². The fourth-order valence-corrected chi connectivity index (χ4v) is 2.34. The zero-order valence-corrected chi connectivity index (χ0v) is 12.7. The molecule has 0 radical (unpaired) electrons. The van der Waals surface area contributed by atoms with Crippen LogP contribution >= 0.6 is 0 Å². The summed E-state index contributed by atoms with van der Waals surface area (Å²) in [6.07, 6.45) is 1.59. The van der Waals surface area contributed by atoms with Crippen LogP contribution in [-0.2, 0) is 5.41 Å². The maximum atomic E-state index is 11.5. The SMILES string of the molecule is CC(=O)c1cc(C(=O)O)n(-c2ccccc2C(C)(C)C)c1. The van der Waals surface area contributed by atoms with Crippen molar-refractivity contribution in [2.45, 2.75) is 33.1 Å². The molecular formula is C17H19NO3. The third kappa shape index (κ3) is 2.89. The van der Waals surface area contributed by atoms with Gasteiger partial charge in [0.2, 0.25) is 0 Å². The molecule has 1 aromatic heterocycles. The fourth-order valence-electron chi connectivity index (χ4n) is 2.34. The lowest BCUT2D eigenvalue weighted by molar-refractivity contribution is 0.0688. The highest BCUT2D eigenvalue weighted by atomic mass is 16.4. The van der Waals surface area contributed by atoms with E-state index in [1.165, 1.54) is 13.0 Å². The van der Waals surface area contributed by atoms with Crippen LogP contribution in [0.3, 0.4) is 0 Å². The second-order valence-corrected chi connectivity index (χ2v) is 6.11. The lowest BCUT2D eigenvalue weighted by Gasteiger charge is -2.23. The Morgan fingerprint density at radius 3 is 2.29 bits per heavy atom. The summed E-state index contributed by atoms with van der Waals surface area (Å²) in [5.74, 6) is -1.20. The number of aromatic nitrogens is 1. The van der Waals surface area contributed by atoms with E-state index in [9.17, 15) is 14.7 Å². The van der Waals surface area contributed by atoms with Crippen molar-refractivity contribution >= 4 is 11.8 Å². The molecule has 0 unspecified atom stereocenters. The number of carboxylic acids is 1. The molecule has 0 atom stereocenters. The van der Waals surface area contributed by atoms with Gasteiger partial charge in [-0.15, -0.1) is 0 Å². The van der Waals surface area contributed by atoms with Crippen molar-refractivity contribution in [2.24, 2.45) is 0 Å². The first kappa shape index (κ1) is 15.0. The van der Waals surface area contributed by atoms with Gasteiger partial charge in [0.1, 0.15) is 5.69 Å². The summed E-state index contributed by atoms with van der Waals surface area (Å²) in [6.45, 7) is 7.64. The highest BCUT2D eigenvalue weighted by Gasteiger charge is 2.22. The van der Waals surface area contributed by atoms with E-state index in [1.54, 1.807) is 10.8 Å². The third-order valence-electron chi connectivity index (χ3n) is 3.42. The Hall–Kier alpha value is -2.36. The topological polar surface area (TPSA) is 59.3 Å². The van der Waals surface area contributed by atoms with Gasteiger partial charge in [-0.25, -0.2) is 4.79 Å². The second kappa shape index (κ2) is 5.20. The monoisotopic (exact) mass is 285 g/mol. The van der Waals surface area contributed by atoms with E-state index in [2.05, 4.69) is 20.8 Å². The molecule has 0 aliphatic heterocycles. The summed E-state index contributed by atoms with van der Waals surface area (Å²) in [5, 5.41) is 9.38. The van der Waals surface area contributed by atoms with Gasteiger partial charge in [-0.3, -0.25) is 4.79 Å². The van der Waals surface area contributed by atoms with Crippen molar-refractivity contribution in [3.8, 4) is 5.69 Å². The Kier molecular flexibility index (Phi) is 3.73. The maximum Gasteiger partial charge on any atom is 0.352 e. The second-order valence-electron chi connectivity index (χ2n) is 6.11. The fraction of sp³-hybridized carbons (Fsp3) is 0.294. The molecule has 110 valence electrons. The average molecular weight is 285 g/mol. The molecule has 4 nitrogen and oxygen atoms in total. The molecule has 1 heterocycles. The van der Waals surface area contributed by atoms with Crippen LogP contribution in [0.2, 0.25) is 0 Å². The summed E-state index contributed by atoms with van der Waals surface area (Å²) in [6, 6.07) is 9.07. The zero-order valence-electron chi connectivity index (χ0n) is 12.7. The van der Waals surface area contributed by atoms with Gasteiger partial charge in [0.05, 0.1) is 0 Å². The largest absolute Gasteiger partial charge is 0.477 e. The number of ketones is 1. The molecule has 1 N–H and O–H groups in total. The van der Waals surface area contributed by atoms with Crippen LogP contribution in [0.4, 0.5) is 0 Å². The Balaban J connectivity index is 2.73. The van der Waals surface area contributed by atoms with E-state index in [0.717, 1.165) is 11.3 Å². The maximum absolute atomic E-state index is 11.5. The summed E-state index contributed by atoms with van der Waals surface area (Å²) >= 11 is 0. The van der Waals surface area contributed by atoms with Crippen molar-refractivity contribution in [2.75, 3.05) is 0 Å². The van der Waals surface area contributed by atoms with Crippen LogP contribution in [0.1, 0.15) is 54.1 Å². The van der Waals surface area contributed by atoms with Crippen molar-refractivity contribution in [3.63, 3.8) is 0 Å². The van der Waals surface area contributed by atoms with Crippen molar-refractivity contribution < 1.29 is 14.7 Å². The lowest BCUT2D eigenvalue weighted by Crippen LogP contribution is -2.16. The van der Waals surface area contributed by atoms with E-state index < -0.39 is 5.97 Å². The predicted octanol–water partition coefficient (Wildman–Crippen LogP) is 3.68. The summed E-state index contributed by atoms with van der Waals surface area (Å²) in [7, 11) is 0. The standard InChI is InChI=1S/C17H19NO3/c1-11(19)12-9-15(16(20)21)18(10-12)14-8-6-5-7-13(14)17(2,3)4/h5-10H,1-4H3,(H,20,21). The number of carbonyl (C=O) groups excluding carboxylic acids is 1. The van der Waals surface area contributed by atoms with Gasteiger partial charge in [0.25, 0.3) is 0 Å². The van der Waals surface area contributed by atoms with Crippen LogP contribution in [-0.4, -0.2) is 21.4 Å². The smallest absolute Gasteiger partial charge is 0.352 e. The van der Waals surface area contributed by atoms with Crippen molar-refractivity contribution in [1.82, 2.24) is 4.57 Å². The molecule has 0 saturated heterocycles. The lowest BCUT2D eigenvalue weighted by atomic mass is 9.85. The van der Waals surface area contributed by atoms with Gasteiger partial charge in [-0.05, 0) is 30.0 Å². The van der Waals surface area contributed by atoms with E-state index in [1.807, 2.05) is 24.3 Å². The number of rotatable bonds is 3. The first-order valence-corrected chi connectivity index (χ1v) is 6.78. The molecule has 4 heteroatoms. The zero-order chi connectivity index (χ0) is 15.8. The number of benzene rings is 1. The molecule has 0 amide bonds. The molecule has 0 saturated carbocycles. The molecular weight excluding hydrogens is 266 g/mol. The minimum Gasteiger partial charge on any atom is -0.477 e.